The number of ether oxygens (including phenoxy) is 4. The second-order valence-corrected chi connectivity index (χ2v) is 7.48. The summed E-state index contributed by atoms with van der Waals surface area (Å²) in [4.78, 5) is 12.3. The molecule has 170 valence electrons. The van der Waals surface area contributed by atoms with E-state index in [4.69, 9.17) is 23.4 Å². The molecule has 0 spiro atoms. The van der Waals surface area contributed by atoms with Gasteiger partial charge in [0.2, 0.25) is 5.75 Å². The summed E-state index contributed by atoms with van der Waals surface area (Å²) in [5.41, 5.74) is 3.75. The van der Waals surface area contributed by atoms with Crippen LogP contribution >= 0.6 is 0 Å². The van der Waals surface area contributed by atoms with Crippen molar-refractivity contribution in [1.29, 1.82) is 0 Å². The third kappa shape index (κ3) is 4.51. The van der Waals surface area contributed by atoms with E-state index in [2.05, 4.69) is 6.92 Å². The molecule has 0 aliphatic rings. The van der Waals surface area contributed by atoms with Gasteiger partial charge in [0.05, 0.1) is 21.3 Å². The van der Waals surface area contributed by atoms with Crippen molar-refractivity contribution >= 4 is 11.0 Å². The fourth-order valence-corrected chi connectivity index (χ4v) is 3.88. The Bertz CT molecular complexity index is 1300. The maximum absolute atomic E-state index is 12.3. The molecule has 0 amide bonds. The molecule has 0 atom stereocenters. The van der Waals surface area contributed by atoms with Crippen LogP contribution in [0, 0.1) is 0 Å². The zero-order valence-electron chi connectivity index (χ0n) is 19.1. The normalized spacial score (nSPS) is 10.8. The van der Waals surface area contributed by atoms with Gasteiger partial charge in [-0.25, -0.2) is 4.79 Å². The standard InChI is InChI=1S/C27H26O6/c1-5-18-13-21-20(19-9-7-6-8-10-19)14-26(28)33-23(21)15-22(18)32-16-17-11-24(29-2)27(31-4)25(12-17)30-3/h6-15H,5,16H2,1-4H3. The molecule has 3 aromatic carbocycles. The maximum atomic E-state index is 12.3. The minimum Gasteiger partial charge on any atom is -0.493 e. The molecular weight excluding hydrogens is 420 g/mol. The molecule has 33 heavy (non-hydrogen) atoms. The van der Waals surface area contributed by atoms with Gasteiger partial charge in [-0.05, 0) is 46.9 Å². The van der Waals surface area contributed by atoms with Crippen molar-refractivity contribution in [2.75, 3.05) is 21.3 Å². The summed E-state index contributed by atoms with van der Waals surface area (Å²) in [6.07, 6.45) is 0.758. The molecule has 0 saturated carbocycles. The van der Waals surface area contributed by atoms with Crippen LogP contribution in [0.2, 0.25) is 0 Å². The van der Waals surface area contributed by atoms with E-state index in [1.807, 2.05) is 48.5 Å². The zero-order valence-corrected chi connectivity index (χ0v) is 19.1. The molecule has 0 fully saturated rings. The van der Waals surface area contributed by atoms with Gasteiger partial charge < -0.3 is 23.4 Å². The van der Waals surface area contributed by atoms with Gasteiger partial charge in [0.25, 0.3) is 0 Å². The second-order valence-electron chi connectivity index (χ2n) is 7.48. The molecule has 0 aliphatic carbocycles. The predicted molar refractivity (Wildman–Crippen MR) is 128 cm³/mol. The first kappa shape index (κ1) is 22.3. The summed E-state index contributed by atoms with van der Waals surface area (Å²) >= 11 is 0. The van der Waals surface area contributed by atoms with Crippen LogP contribution in [-0.2, 0) is 13.0 Å². The molecule has 6 nitrogen and oxygen atoms in total. The van der Waals surface area contributed by atoms with Gasteiger partial charge in [-0.2, -0.15) is 0 Å². The number of hydrogen-bond acceptors (Lipinski definition) is 6. The fourth-order valence-electron chi connectivity index (χ4n) is 3.88. The Kier molecular flexibility index (Phi) is 6.54. The van der Waals surface area contributed by atoms with Crippen LogP contribution in [0.15, 0.2) is 69.9 Å². The van der Waals surface area contributed by atoms with Crippen molar-refractivity contribution < 1.29 is 23.4 Å². The van der Waals surface area contributed by atoms with Crippen LogP contribution in [0.4, 0.5) is 0 Å². The minimum absolute atomic E-state index is 0.276. The smallest absolute Gasteiger partial charge is 0.336 e. The van der Waals surface area contributed by atoms with Crippen molar-refractivity contribution in [2.45, 2.75) is 20.0 Å². The van der Waals surface area contributed by atoms with E-state index in [0.29, 0.717) is 28.6 Å². The van der Waals surface area contributed by atoms with Crippen molar-refractivity contribution in [3.05, 3.63) is 82.2 Å². The number of aryl methyl sites for hydroxylation is 1. The van der Waals surface area contributed by atoms with Crippen LogP contribution in [-0.4, -0.2) is 21.3 Å². The average Bonchev–Trinajstić information content (AvgIpc) is 2.86. The number of benzene rings is 3. The first-order valence-electron chi connectivity index (χ1n) is 10.7. The fraction of sp³-hybridized carbons (Fsp3) is 0.222. The number of hydrogen-bond donors (Lipinski definition) is 0. The predicted octanol–water partition coefficient (Wildman–Crippen LogP) is 5.63. The lowest BCUT2D eigenvalue weighted by molar-refractivity contribution is 0.296. The van der Waals surface area contributed by atoms with Gasteiger partial charge in [-0.1, -0.05) is 37.3 Å². The largest absolute Gasteiger partial charge is 0.493 e. The van der Waals surface area contributed by atoms with Gasteiger partial charge in [-0.15, -0.1) is 0 Å². The zero-order chi connectivity index (χ0) is 23.4. The Hall–Kier alpha value is -3.93. The highest BCUT2D eigenvalue weighted by molar-refractivity contribution is 5.94. The van der Waals surface area contributed by atoms with Crippen LogP contribution in [0.5, 0.6) is 23.0 Å². The van der Waals surface area contributed by atoms with Gasteiger partial charge in [0.15, 0.2) is 11.5 Å². The molecule has 0 saturated heterocycles. The summed E-state index contributed by atoms with van der Waals surface area (Å²) in [5.74, 6) is 2.30. The Morgan fingerprint density at radius 3 is 2.12 bits per heavy atom. The van der Waals surface area contributed by atoms with Crippen molar-refractivity contribution in [3.8, 4) is 34.1 Å². The van der Waals surface area contributed by atoms with Crippen LogP contribution in [0.1, 0.15) is 18.1 Å². The first-order chi connectivity index (χ1) is 16.1. The Labute approximate surface area is 192 Å². The van der Waals surface area contributed by atoms with Crippen molar-refractivity contribution in [1.82, 2.24) is 0 Å². The molecular formula is C27H26O6. The molecule has 0 unspecified atom stereocenters. The Balaban J connectivity index is 1.73. The highest BCUT2D eigenvalue weighted by atomic mass is 16.5. The Morgan fingerprint density at radius 2 is 1.52 bits per heavy atom. The van der Waals surface area contributed by atoms with E-state index < -0.39 is 5.63 Å². The summed E-state index contributed by atoms with van der Waals surface area (Å²) in [5, 5.41) is 0.873. The number of fused-ring (bicyclic) bond motifs is 1. The quantitative estimate of drug-likeness (QED) is 0.327. The molecule has 1 heterocycles. The third-order valence-electron chi connectivity index (χ3n) is 5.51. The van der Waals surface area contributed by atoms with Gasteiger partial charge in [0.1, 0.15) is 17.9 Å². The molecule has 0 radical (unpaired) electrons. The number of methoxy groups -OCH3 is 3. The van der Waals surface area contributed by atoms with E-state index in [-0.39, 0.29) is 6.61 Å². The lowest BCUT2D eigenvalue weighted by Gasteiger charge is -2.16. The van der Waals surface area contributed by atoms with Gasteiger partial charge in [0, 0.05) is 17.5 Å². The van der Waals surface area contributed by atoms with Crippen molar-refractivity contribution in [3.63, 3.8) is 0 Å². The minimum atomic E-state index is -0.402. The SMILES string of the molecule is CCc1cc2c(-c3ccccc3)cc(=O)oc2cc1OCc1cc(OC)c(OC)c(OC)c1. The molecule has 0 bridgehead atoms. The summed E-state index contributed by atoms with van der Waals surface area (Å²) in [6.45, 7) is 2.34. The maximum Gasteiger partial charge on any atom is 0.336 e. The lowest BCUT2D eigenvalue weighted by atomic mass is 9.99. The van der Waals surface area contributed by atoms with Crippen molar-refractivity contribution in [2.24, 2.45) is 0 Å². The van der Waals surface area contributed by atoms with E-state index in [9.17, 15) is 4.79 Å². The lowest BCUT2D eigenvalue weighted by Crippen LogP contribution is -2.03. The van der Waals surface area contributed by atoms with Crippen LogP contribution in [0.3, 0.4) is 0 Å². The monoisotopic (exact) mass is 446 g/mol. The van der Waals surface area contributed by atoms with E-state index in [1.54, 1.807) is 27.4 Å². The highest BCUT2D eigenvalue weighted by Crippen LogP contribution is 2.39. The average molecular weight is 446 g/mol. The van der Waals surface area contributed by atoms with Crippen LogP contribution in [0.25, 0.3) is 22.1 Å². The summed E-state index contributed by atoms with van der Waals surface area (Å²) < 4.78 is 27.9. The third-order valence-corrected chi connectivity index (χ3v) is 5.51. The summed E-state index contributed by atoms with van der Waals surface area (Å²) in [6, 6.07) is 18.9. The molecule has 6 heteroatoms. The molecule has 4 rings (SSSR count). The number of rotatable bonds is 8. The molecule has 0 aliphatic heterocycles. The Morgan fingerprint density at radius 1 is 0.818 bits per heavy atom. The highest BCUT2D eigenvalue weighted by Gasteiger charge is 2.16. The first-order valence-corrected chi connectivity index (χ1v) is 10.7. The van der Waals surface area contributed by atoms with E-state index >= 15 is 0 Å². The molecule has 0 N–H and O–H groups in total. The van der Waals surface area contributed by atoms with E-state index in [1.165, 1.54) is 6.07 Å². The molecule has 1 aromatic heterocycles. The molecule has 4 aromatic rings. The second kappa shape index (κ2) is 9.69. The topological polar surface area (TPSA) is 67.1 Å². The van der Waals surface area contributed by atoms with Crippen LogP contribution < -0.4 is 24.6 Å². The van der Waals surface area contributed by atoms with Gasteiger partial charge >= 0.3 is 5.63 Å². The van der Waals surface area contributed by atoms with Gasteiger partial charge in [-0.3, -0.25) is 0 Å². The summed E-state index contributed by atoms with van der Waals surface area (Å²) in [7, 11) is 4.72. The van der Waals surface area contributed by atoms with E-state index in [0.717, 1.165) is 34.1 Å².